The molecule has 10 heteroatoms. The summed E-state index contributed by atoms with van der Waals surface area (Å²) in [6, 6.07) is 5.71. The summed E-state index contributed by atoms with van der Waals surface area (Å²) >= 11 is 0. The molecule has 0 radical (unpaired) electrons. The van der Waals surface area contributed by atoms with Crippen LogP contribution in [-0.4, -0.2) is 52.9 Å². The van der Waals surface area contributed by atoms with Gasteiger partial charge in [-0.25, -0.2) is 0 Å². The maximum Gasteiger partial charge on any atom is 0.416 e. The van der Waals surface area contributed by atoms with E-state index in [1.54, 1.807) is 16.8 Å². The summed E-state index contributed by atoms with van der Waals surface area (Å²) in [6.07, 6.45) is 2.49. The second-order valence-electron chi connectivity index (χ2n) is 7.95. The Morgan fingerprint density at radius 2 is 1.97 bits per heavy atom. The van der Waals surface area contributed by atoms with Crippen molar-refractivity contribution in [2.24, 2.45) is 12.0 Å². The second-order valence-corrected chi connectivity index (χ2v) is 7.95. The average molecular weight is 564 g/mol. The lowest BCUT2D eigenvalue weighted by Crippen LogP contribution is -2.44. The molecule has 1 atom stereocenters. The van der Waals surface area contributed by atoms with E-state index < -0.39 is 11.7 Å². The number of hydrogen-bond acceptors (Lipinski definition) is 3. The fourth-order valence-electron chi connectivity index (χ4n) is 3.74. The second kappa shape index (κ2) is 12.4. The zero-order valence-electron chi connectivity index (χ0n) is 18.5. The molecule has 1 aliphatic rings. The van der Waals surface area contributed by atoms with Crippen LogP contribution in [0.3, 0.4) is 0 Å². The monoisotopic (exact) mass is 564 g/mol. The van der Waals surface area contributed by atoms with E-state index in [4.69, 9.17) is 0 Å². The maximum absolute atomic E-state index is 12.7. The highest BCUT2D eigenvalue weighted by Gasteiger charge is 2.30. The smallest absolute Gasteiger partial charge is 0.357 e. The zero-order chi connectivity index (χ0) is 22.3. The number of aliphatic imine (C=N–C) groups is 1. The summed E-state index contributed by atoms with van der Waals surface area (Å²) in [6.45, 7) is 5.94. The molecule has 1 aromatic heterocycles. The van der Waals surface area contributed by atoms with Gasteiger partial charge in [-0.3, -0.25) is 14.6 Å². The van der Waals surface area contributed by atoms with Gasteiger partial charge in [0.15, 0.2) is 5.96 Å². The fraction of sp³-hybridized carbons (Fsp3) is 0.545. The number of rotatable bonds is 8. The molecule has 32 heavy (non-hydrogen) atoms. The van der Waals surface area contributed by atoms with Crippen molar-refractivity contribution in [1.82, 2.24) is 25.3 Å². The Bertz CT molecular complexity index is 850. The number of likely N-dealkylation sites (tertiary alicyclic amines) is 1. The number of aromatic nitrogens is 2. The van der Waals surface area contributed by atoms with Crippen molar-refractivity contribution in [3.05, 3.63) is 53.3 Å². The van der Waals surface area contributed by atoms with Gasteiger partial charge in [-0.05, 0) is 49.4 Å². The Balaban J connectivity index is 0.00000363. The van der Waals surface area contributed by atoms with Crippen LogP contribution in [0, 0.1) is 0 Å². The zero-order valence-corrected chi connectivity index (χ0v) is 20.9. The number of halogens is 4. The predicted molar refractivity (Wildman–Crippen MR) is 131 cm³/mol. The van der Waals surface area contributed by atoms with Gasteiger partial charge in [0.1, 0.15) is 0 Å². The van der Waals surface area contributed by atoms with Crippen LogP contribution in [-0.2, 0) is 26.2 Å². The average Bonchev–Trinajstić information content (AvgIpc) is 3.33. The van der Waals surface area contributed by atoms with Crippen LogP contribution in [0.4, 0.5) is 13.2 Å². The highest BCUT2D eigenvalue weighted by molar-refractivity contribution is 14.0. The Morgan fingerprint density at radius 1 is 1.22 bits per heavy atom. The molecule has 0 saturated carbocycles. The standard InChI is InChI=1S/C22H31F3N6.HI/c1-3-26-21(27-11-4-5-18-13-28-30(2)14-18)29-20-10-12-31(16-20)15-17-6-8-19(9-7-17)22(23,24)25;/h6-9,13-14,20H,3-5,10-12,15-16H2,1-2H3,(H2,26,27,29);1H. The van der Waals surface area contributed by atoms with Gasteiger partial charge in [-0.2, -0.15) is 18.3 Å². The van der Waals surface area contributed by atoms with Crippen molar-refractivity contribution in [1.29, 1.82) is 0 Å². The molecule has 3 rings (SSSR count). The third kappa shape index (κ3) is 8.27. The van der Waals surface area contributed by atoms with Crippen molar-refractivity contribution in [3.63, 3.8) is 0 Å². The van der Waals surface area contributed by atoms with Crippen LogP contribution in [0.25, 0.3) is 0 Å². The van der Waals surface area contributed by atoms with Gasteiger partial charge in [0.2, 0.25) is 0 Å². The molecule has 6 nitrogen and oxygen atoms in total. The summed E-state index contributed by atoms with van der Waals surface area (Å²) in [5, 5.41) is 11.0. The third-order valence-corrected chi connectivity index (χ3v) is 5.30. The van der Waals surface area contributed by atoms with E-state index in [2.05, 4.69) is 25.6 Å². The molecule has 1 fully saturated rings. The fourth-order valence-corrected chi connectivity index (χ4v) is 3.74. The molecule has 0 spiro atoms. The highest BCUT2D eigenvalue weighted by Crippen LogP contribution is 2.29. The molecule has 1 saturated heterocycles. The first-order valence-corrected chi connectivity index (χ1v) is 10.7. The quantitative estimate of drug-likeness (QED) is 0.222. The first-order chi connectivity index (χ1) is 14.8. The number of alkyl halides is 3. The predicted octanol–water partition coefficient (Wildman–Crippen LogP) is 3.82. The van der Waals surface area contributed by atoms with Crippen LogP contribution in [0.1, 0.15) is 36.5 Å². The van der Waals surface area contributed by atoms with Crippen LogP contribution in [0.2, 0.25) is 0 Å². The number of nitrogens with zero attached hydrogens (tertiary/aromatic N) is 4. The molecule has 2 heterocycles. The Kier molecular flexibility index (Phi) is 10.3. The van der Waals surface area contributed by atoms with E-state index in [9.17, 15) is 13.2 Å². The maximum atomic E-state index is 12.7. The lowest BCUT2D eigenvalue weighted by atomic mass is 10.1. The van der Waals surface area contributed by atoms with Gasteiger partial charge in [0, 0.05) is 52.0 Å². The minimum atomic E-state index is -4.29. The summed E-state index contributed by atoms with van der Waals surface area (Å²) in [5.74, 6) is 0.815. The molecule has 2 N–H and O–H groups in total. The Hall–Kier alpha value is -1.82. The number of hydrogen-bond donors (Lipinski definition) is 2. The first-order valence-electron chi connectivity index (χ1n) is 10.7. The molecule has 2 aromatic rings. The number of nitrogens with one attached hydrogen (secondary N) is 2. The molecule has 0 bridgehead atoms. The van der Waals surface area contributed by atoms with Gasteiger partial charge in [0.25, 0.3) is 0 Å². The molecule has 1 aromatic carbocycles. The lowest BCUT2D eigenvalue weighted by Gasteiger charge is -2.19. The highest BCUT2D eigenvalue weighted by atomic mass is 127. The summed E-state index contributed by atoms with van der Waals surface area (Å²) in [4.78, 5) is 6.94. The van der Waals surface area contributed by atoms with Crippen molar-refractivity contribution in [2.75, 3.05) is 26.2 Å². The Morgan fingerprint density at radius 3 is 2.59 bits per heavy atom. The third-order valence-electron chi connectivity index (χ3n) is 5.30. The first kappa shape index (κ1) is 26.4. The van der Waals surface area contributed by atoms with Crippen LogP contribution < -0.4 is 10.6 Å². The Labute approximate surface area is 204 Å². The molecule has 178 valence electrons. The summed E-state index contributed by atoms with van der Waals surface area (Å²) in [7, 11) is 1.91. The molecule has 1 unspecified atom stereocenters. The normalized spacial score (nSPS) is 17.3. The minimum Gasteiger partial charge on any atom is -0.357 e. The van der Waals surface area contributed by atoms with Gasteiger partial charge < -0.3 is 10.6 Å². The lowest BCUT2D eigenvalue weighted by molar-refractivity contribution is -0.137. The van der Waals surface area contributed by atoms with Crippen molar-refractivity contribution >= 4 is 29.9 Å². The van der Waals surface area contributed by atoms with Gasteiger partial charge in [-0.15, -0.1) is 24.0 Å². The van der Waals surface area contributed by atoms with Crippen LogP contribution in [0.15, 0.2) is 41.7 Å². The molecule has 0 amide bonds. The summed E-state index contributed by atoms with van der Waals surface area (Å²) in [5.41, 5.74) is 1.50. The van der Waals surface area contributed by atoms with E-state index in [1.807, 2.05) is 26.4 Å². The number of benzene rings is 1. The summed E-state index contributed by atoms with van der Waals surface area (Å²) < 4.78 is 40.0. The number of aryl methyl sites for hydroxylation is 2. The van der Waals surface area contributed by atoms with E-state index in [1.165, 1.54) is 5.56 Å². The minimum absolute atomic E-state index is 0. The number of guanidine groups is 1. The largest absolute Gasteiger partial charge is 0.416 e. The molecular formula is C22H32F3IN6. The van der Waals surface area contributed by atoms with Crippen LogP contribution in [0.5, 0.6) is 0 Å². The topological polar surface area (TPSA) is 57.5 Å². The van der Waals surface area contributed by atoms with Crippen LogP contribution >= 0.6 is 24.0 Å². The van der Waals surface area contributed by atoms with Crippen molar-refractivity contribution < 1.29 is 13.2 Å². The van der Waals surface area contributed by atoms with E-state index in [-0.39, 0.29) is 30.0 Å². The van der Waals surface area contributed by atoms with Crippen molar-refractivity contribution in [2.45, 2.75) is 44.9 Å². The van der Waals surface area contributed by atoms with Gasteiger partial charge >= 0.3 is 6.18 Å². The van der Waals surface area contributed by atoms with Gasteiger partial charge in [-0.1, -0.05) is 12.1 Å². The van der Waals surface area contributed by atoms with E-state index in [0.717, 1.165) is 69.1 Å². The van der Waals surface area contributed by atoms with E-state index in [0.29, 0.717) is 6.54 Å². The SMILES string of the molecule is CCNC(=NCCCc1cnn(C)c1)NC1CCN(Cc2ccc(C(F)(F)F)cc2)C1.I. The molecule has 0 aliphatic carbocycles. The molecule has 1 aliphatic heterocycles. The van der Waals surface area contributed by atoms with E-state index >= 15 is 0 Å². The van der Waals surface area contributed by atoms with Crippen molar-refractivity contribution in [3.8, 4) is 0 Å². The van der Waals surface area contributed by atoms with Gasteiger partial charge in [0.05, 0.1) is 11.8 Å². The molecular weight excluding hydrogens is 532 g/mol.